The van der Waals surface area contributed by atoms with Gasteiger partial charge in [-0.1, -0.05) is 24.3 Å². The van der Waals surface area contributed by atoms with Crippen molar-refractivity contribution in [2.24, 2.45) is 0 Å². The van der Waals surface area contributed by atoms with Crippen LogP contribution in [0.15, 0.2) is 42.5 Å². The zero-order valence-corrected chi connectivity index (χ0v) is 14.0. The summed E-state index contributed by atoms with van der Waals surface area (Å²) in [6.45, 7) is 2.61. The van der Waals surface area contributed by atoms with Gasteiger partial charge in [0, 0.05) is 6.54 Å². The second-order valence-electron chi connectivity index (χ2n) is 5.39. The van der Waals surface area contributed by atoms with E-state index >= 15 is 0 Å². The molecule has 6 heteroatoms. The van der Waals surface area contributed by atoms with Gasteiger partial charge in [-0.2, -0.15) is 5.10 Å². The van der Waals surface area contributed by atoms with Gasteiger partial charge < -0.3 is 14.9 Å². The van der Waals surface area contributed by atoms with E-state index in [-0.39, 0.29) is 11.5 Å². The van der Waals surface area contributed by atoms with Crippen molar-refractivity contribution in [3.05, 3.63) is 53.9 Å². The Balaban J connectivity index is 1.93. The third-order valence-corrected chi connectivity index (χ3v) is 3.76. The number of para-hydroxylation sites is 1. The number of phenols is 2. The SMILES string of the molecule is CCn1nc(/C=C/c2ccc(O)c(OC)c2)nc1-c1ccccc1O. The summed E-state index contributed by atoms with van der Waals surface area (Å²) >= 11 is 0. The summed E-state index contributed by atoms with van der Waals surface area (Å²) in [6.07, 6.45) is 3.62. The van der Waals surface area contributed by atoms with Crippen LogP contribution in [0, 0.1) is 0 Å². The van der Waals surface area contributed by atoms with Gasteiger partial charge in [-0.25, -0.2) is 9.67 Å². The van der Waals surface area contributed by atoms with Gasteiger partial charge in [0.25, 0.3) is 0 Å². The predicted molar refractivity (Wildman–Crippen MR) is 96.4 cm³/mol. The van der Waals surface area contributed by atoms with E-state index in [1.807, 2.05) is 25.1 Å². The van der Waals surface area contributed by atoms with Gasteiger partial charge in [0.2, 0.25) is 0 Å². The van der Waals surface area contributed by atoms with Crippen LogP contribution in [-0.2, 0) is 6.54 Å². The first-order valence-corrected chi connectivity index (χ1v) is 7.90. The number of phenolic OH excluding ortho intramolecular Hbond substituents is 2. The number of hydrogen-bond donors (Lipinski definition) is 2. The fourth-order valence-corrected chi connectivity index (χ4v) is 2.48. The van der Waals surface area contributed by atoms with Gasteiger partial charge in [0.05, 0.1) is 12.7 Å². The van der Waals surface area contributed by atoms with Crippen LogP contribution in [0.5, 0.6) is 17.2 Å². The van der Waals surface area contributed by atoms with Gasteiger partial charge >= 0.3 is 0 Å². The van der Waals surface area contributed by atoms with Crippen LogP contribution in [0.4, 0.5) is 0 Å². The van der Waals surface area contributed by atoms with E-state index in [1.54, 1.807) is 41.1 Å². The summed E-state index contributed by atoms with van der Waals surface area (Å²) in [5.41, 5.74) is 1.49. The van der Waals surface area contributed by atoms with Crippen LogP contribution in [0.2, 0.25) is 0 Å². The lowest BCUT2D eigenvalue weighted by molar-refractivity contribution is 0.373. The molecule has 1 aromatic heterocycles. The normalized spacial score (nSPS) is 11.1. The lowest BCUT2D eigenvalue weighted by Gasteiger charge is -2.04. The topological polar surface area (TPSA) is 80.4 Å². The Bertz CT molecular complexity index is 916. The van der Waals surface area contributed by atoms with Crippen molar-refractivity contribution in [3.8, 4) is 28.6 Å². The summed E-state index contributed by atoms with van der Waals surface area (Å²) in [7, 11) is 1.51. The largest absolute Gasteiger partial charge is 0.507 e. The van der Waals surface area contributed by atoms with Crippen LogP contribution < -0.4 is 4.74 Å². The van der Waals surface area contributed by atoms with Gasteiger partial charge in [-0.3, -0.25) is 0 Å². The molecule has 0 unspecified atom stereocenters. The van der Waals surface area contributed by atoms with Gasteiger partial charge in [0.15, 0.2) is 23.1 Å². The number of ether oxygens (including phenoxy) is 1. The lowest BCUT2D eigenvalue weighted by atomic mass is 10.2. The van der Waals surface area contributed by atoms with Crippen molar-refractivity contribution < 1.29 is 14.9 Å². The molecule has 0 bridgehead atoms. The molecule has 128 valence electrons. The monoisotopic (exact) mass is 337 g/mol. The highest BCUT2D eigenvalue weighted by Crippen LogP contribution is 2.28. The molecule has 6 nitrogen and oxygen atoms in total. The molecule has 0 saturated carbocycles. The molecule has 3 aromatic rings. The van der Waals surface area contributed by atoms with Gasteiger partial charge in [0.1, 0.15) is 5.75 Å². The number of aromatic nitrogens is 3. The van der Waals surface area contributed by atoms with E-state index in [4.69, 9.17) is 4.74 Å². The molecule has 0 radical (unpaired) electrons. The highest BCUT2D eigenvalue weighted by molar-refractivity contribution is 5.70. The molecule has 0 aliphatic heterocycles. The summed E-state index contributed by atoms with van der Waals surface area (Å²) in [5, 5.41) is 24.1. The van der Waals surface area contributed by atoms with Crippen molar-refractivity contribution in [2.45, 2.75) is 13.5 Å². The average Bonchev–Trinajstić information content (AvgIpc) is 3.04. The molecule has 3 rings (SSSR count). The average molecular weight is 337 g/mol. The number of hydrogen-bond acceptors (Lipinski definition) is 5. The molecule has 1 heterocycles. The van der Waals surface area contributed by atoms with Gasteiger partial charge in [-0.15, -0.1) is 0 Å². The Morgan fingerprint density at radius 3 is 2.60 bits per heavy atom. The van der Waals surface area contributed by atoms with Gasteiger partial charge in [-0.05, 0) is 42.8 Å². The van der Waals surface area contributed by atoms with Crippen molar-refractivity contribution in [2.75, 3.05) is 7.11 Å². The number of aryl methyl sites for hydroxylation is 1. The van der Waals surface area contributed by atoms with E-state index in [2.05, 4.69) is 10.1 Å². The molecular formula is C19H19N3O3. The predicted octanol–water partition coefficient (Wildman–Crippen LogP) is 3.56. The summed E-state index contributed by atoms with van der Waals surface area (Å²) in [4.78, 5) is 4.51. The Labute approximate surface area is 145 Å². The lowest BCUT2D eigenvalue weighted by Crippen LogP contribution is -1.99. The van der Waals surface area contributed by atoms with Crippen LogP contribution in [0.1, 0.15) is 18.3 Å². The summed E-state index contributed by atoms with van der Waals surface area (Å²) < 4.78 is 6.84. The minimum atomic E-state index is 0.0925. The molecule has 25 heavy (non-hydrogen) atoms. The summed E-state index contributed by atoms with van der Waals surface area (Å²) in [5.74, 6) is 1.82. The molecule has 0 atom stereocenters. The molecule has 0 aliphatic carbocycles. The maximum Gasteiger partial charge on any atom is 0.174 e. The molecule has 0 saturated heterocycles. The fraction of sp³-hybridized carbons (Fsp3) is 0.158. The summed E-state index contributed by atoms with van der Waals surface area (Å²) in [6, 6.07) is 12.1. The highest BCUT2D eigenvalue weighted by Gasteiger charge is 2.12. The first-order chi connectivity index (χ1) is 12.1. The number of methoxy groups -OCH3 is 1. The second-order valence-corrected chi connectivity index (χ2v) is 5.39. The van der Waals surface area contributed by atoms with Crippen LogP contribution in [0.25, 0.3) is 23.5 Å². The molecule has 0 aliphatic rings. The van der Waals surface area contributed by atoms with Crippen LogP contribution in [0.3, 0.4) is 0 Å². The van der Waals surface area contributed by atoms with Crippen LogP contribution >= 0.6 is 0 Å². The maximum atomic E-state index is 10.0. The molecule has 0 fully saturated rings. The van der Waals surface area contributed by atoms with E-state index in [1.165, 1.54) is 7.11 Å². The Kier molecular flexibility index (Phi) is 4.70. The number of rotatable bonds is 5. The molecule has 0 amide bonds. The number of nitrogens with zero attached hydrogens (tertiary/aromatic N) is 3. The van der Waals surface area contributed by atoms with E-state index < -0.39 is 0 Å². The number of aromatic hydroxyl groups is 2. The third kappa shape index (κ3) is 3.47. The molecular weight excluding hydrogens is 318 g/mol. The van der Waals surface area contributed by atoms with Crippen molar-refractivity contribution in [1.82, 2.24) is 14.8 Å². The van der Waals surface area contributed by atoms with E-state index in [0.29, 0.717) is 29.5 Å². The minimum Gasteiger partial charge on any atom is -0.507 e. The maximum absolute atomic E-state index is 10.0. The van der Waals surface area contributed by atoms with Crippen LogP contribution in [-0.4, -0.2) is 32.1 Å². The van der Waals surface area contributed by atoms with E-state index in [0.717, 1.165) is 5.56 Å². The molecule has 2 N–H and O–H groups in total. The van der Waals surface area contributed by atoms with E-state index in [9.17, 15) is 10.2 Å². The number of benzene rings is 2. The second kappa shape index (κ2) is 7.09. The Morgan fingerprint density at radius 1 is 1.08 bits per heavy atom. The Hall–Kier alpha value is -3.28. The fourth-order valence-electron chi connectivity index (χ4n) is 2.48. The molecule has 2 aromatic carbocycles. The highest BCUT2D eigenvalue weighted by atomic mass is 16.5. The smallest absolute Gasteiger partial charge is 0.174 e. The zero-order valence-electron chi connectivity index (χ0n) is 14.0. The quantitative estimate of drug-likeness (QED) is 0.744. The first-order valence-electron chi connectivity index (χ1n) is 7.90. The molecule has 0 spiro atoms. The Morgan fingerprint density at radius 2 is 1.88 bits per heavy atom. The first kappa shape index (κ1) is 16.6. The minimum absolute atomic E-state index is 0.0925. The van der Waals surface area contributed by atoms with Crippen molar-refractivity contribution >= 4 is 12.2 Å². The van der Waals surface area contributed by atoms with Crippen molar-refractivity contribution in [1.29, 1.82) is 0 Å². The van der Waals surface area contributed by atoms with Crippen molar-refractivity contribution in [3.63, 3.8) is 0 Å². The zero-order chi connectivity index (χ0) is 17.8. The third-order valence-electron chi connectivity index (χ3n) is 3.76. The standard InChI is InChI=1S/C19H19N3O3/c1-3-22-19(14-6-4-5-7-15(14)23)20-18(21-22)11-9-13-8-10-16(24)17(12-13)25-2/h4-12,23-24H,3H2,1-2H3/b11-9+.